The van der Waals surface area contributed by atoms with E-state index in [4.69, 9.17) is 0 Å². The zero-order valence-electron chi connectivity index (χ0n) is 27.1. The van der Waals surface area contributed by atoms with Gasteiger partial charge in [-0.1, -0.05) is 170 Å². The number of anilines is 2. The third-order valence-corrected chi connectivity index (χ3v) is 9.07. The van der Waals surface area contributed by atoms with Gasteiger partial charge in [0.25, 0.3) is 0 Å². The largest absolute Gasteiger partial charge is 0.356 e. The van der Waals surface area contributed by atoms with Gasteiger partial charge >= 0.3 is 0 Å². The van der Waals surface area contributed by atoms with E-state index in [9.17, 15) is 0 Å². The van der Waals surface area contributed by atoms with Gasteiger partial charge in [0.2, 0.25) is 0 Å². The summed E-state index contributed by atoms with van der Waals surface area (Å²) in [7, 11) is 0. The van der Waals surface area contributed by atoms with Crippen molar-refractivity contribution in [2.24, 2.45) is 0 Å². The third-order valence-electron chi connectivity index (χ3n) is 9.07. The molecule has 0 amide bonds. The standard InChI is InChI=1S/C48H35N/c1-5-14-35(15-6-1)37-24-26-38(27-25-37)39-28-30-44(31-29-39)49-45-23-13-22-42(32-45)48-46(40-18-9-3-10-19-40)33-43(36-16-7-2-8-17-36)34-47(48)41-20-11-4-12-21-41/h1-34,49H. The first kappa shape index (κ1) is 29.9. The highest BCUT2D eigenvalue weighted by molar-refractivity contribution is 5.98. The monoisotopic (exact) mass is 625 g/mol. The summed E-state index contributed by atoms with van der Waals surface area (Å²) in [6, 6.07) is 73.6. The van der Waals surface area contributed by atoms with Crippen LogP contribution in [0.5, 0.6) is 0 Å². The van der Waals surface area contributed by atoms with Gasteiger partial charge in [0, 0.05) is 11.4 Å². The molecular weight excluding hydrogens is 591 g/mol. The predicted molar refractivity (Wildman–Crippen MR) is 209 cm³/mol. The molecule has 232 valence electrons. The van der Waals surface area contributed by atoms with Gasteiger partial charge in [-0.05, 0) is 103 Å². The quantitative estimate of drug-likeness (QED) is 0.177. The van der Waals surface area contributed by atoms with Gasteiger partial charge in [0.15, 0.2) is 0 Å². The Kier molecular flexibility index (Phi) is 8.39. The molecule has 0 spiro atoms. The molecule has 1 nitrogen and oxygen atoms in total. The molecule has 0 fully saturated rings. The Morgan fingerprint density at radius 1 is 0.224 bits per heavy atom. The molecule has 8 aromatic carbocycles. The first-order valence-electron chi connectivity index (χ1n) is 16.8. The van der Waals surface area contributed by atoms with Crippen molar-refractivity contribution >= 4 is 11.4 Å². The molecule has 49 heavy (non-hydrogen) atoms. The SMILES string of the molecule is c1ccc(-c2ccc(-c3ccc(Nc4cccc(-c5c(-c6ccccc6)cc(-c6ccccc6)cc5-c5ccccc5)c4)cc3)cc2)cc1. The van der Waals surface area contributed by atoms with Crippen LogP contribution in [-0.2, 0) is 0 Å². The normalized spacial score (nSPS) is 10.9. The maximum Gasteiger partial charge on any atom is 0.0390 e. The van der Waals surface area contributed by atoms with Crippen LogP contribution in [0.3, 0.4) is 0 Å². The average Bonchev–Trinajstić information content (AvgIpc) is 3.19. The van der Waals surface area contributed by atoms with E-state index in [1.54, 1.807) is 0 Å². The van der Waals surface area contributed by atoms with Crippen molar-refractivity contribution in [3.8, 4) is 66.8 Å². The predicted octanol–water partition coefficient (Wildman–Crippen LogP) is 13.4. The van der Waals surface area contributed by atoms with Gasteiger partial charge in [0.1, 0.15) is 0 Å². The van der Waals surface area contributed by atoms with Crippen molar-refractivity contribution in [1.82, 2.24) is 0 Å². The van der Waals surface area contributed by atoms with Crippen LogP contribution in [0, 0.1) is 0 Å². The minimum Gasteiger partial charge on any atom is -0.356 e. The lowest BCUT2D eigenvalue weighted by Crippen LogP contribution is -1.95. The minimum atomic E-state index is 1.04. The molecular formula is C48H35N. The first-order chi connectivity index (χ1) is 24.3. The first-order valence-corrected chi connectivity index (χ1v) is 16.8. The van der Waals surface area contributed by atoms with E-state index in [0.29, 0.717) is 0 Å². The third kappa shape index (κ3) is 6.56. The van der Waals surface area contributed by atoms with Crippen LogP contribution in [-0.4, -0.2) is 0 Å². The molecule has 8 aromatic rings. The zero-order chi connectivity index (χ0) is 32.8. The summed E-state index contributed by atoms with van der Waals surface area (Å²) < 4.78 is 0. The van der Waals surface area contributed by atoms with Crippen LogP contribution in [0.15, 0.2) is 206 Å². The summed E-state index contributed by atoms with van der Waals surface area (Å²) in [5, 5.41) is 3.68. The molecule has 8 rings (SSSR count). The van der Waals surface area contributed by atoms with Crippen LogP contribution < -0.4 is 5.32 Å². The van der Waals surface area contributed by atoms with Crippen molar-refractivity contribution in [2.75, 3.05) is 5.32 Å². The van der Waals surface area contributed by atoms with Crippen LogP contribution in [0.1, 0.15) is 0 Å². The van der Waals surface area contributed by atoms with Gasteiger partial charge < -0.3 is 5.32 Å². The fraction of sp³-hybridized carbons (Fsp3) is 0. The van der Waals surface area contributed by atoms with Crippen molar-refractivity contribution in [3.63, 3.8) is 0 Å². The molecule has 0 aliphatic heterocycles. The lowest BCUT2D eigenvalue weighted by molar-refractivity contribution is 1.52. The molecule has 0 atom stereocenters. The maximum absolute atomic E-state index is 3.68. The Balaban J connectivity index is 1.15. The minimum absolute atomic E-state index is 1.04. The highest BCUT2D eigenvalue weighted by atomic mass is 14.9. The molecule has 0 aromatic heterocycles. The highest BCUT2D eigenvalue weighted by Crippen LogP contribution is 2.44. The Morgan fingerprint density at radius 2 is 0.592 bits per heavy atom. The average molecular weight is 626 g/mol. The summed E-state index contributed by atoms with van der Waals surface area (Å²) >= 11 is 0. The van der Waals surface area contributed by atoms with E-state index in [1.807, 2.05) is 0 Å². The van der Waals surface area contributed by atoms with E-state index >= 15 is 0 Å². The topological polar surface area (TPSA) is 12.0 Å². The maximum atomic E-state index is 3.68. The van der Waals surface area contributed by atoms with Crippen molar-refractivity contribution in [3.05, 3.63) is 206 Å². The molecule has 0 saturated heterocycles. The Bertz CT molecular complexity index is 2230. The van der Waals surface area contributed by atoms with Crippen molar-refractivity contribution in [1.29, 1.82) is 0 Å². The summed E-state index contributed by atoms with van der Waals surface area (Å²) in [4.78, 5) is 0. The molecule has 0 saturated carbocycles. The van der Waals surface area contributed by atoms with Crippen LogP contribution >= 0.6 is 0 Å². The van der Waals surface area contributed by atoms with E-state index in [-0.39, 0.29) is 0 Å². The van der Waals surface area contributed by atoms with Gasteiger partial charge in [-0.3, -0.25) is 0 Å². The zero-order valence-corrected chi connectivity index (χ0v) is 27.1. The number of rotatable bonds is 8. The Labute approximate surface area is 288 Å². The molecule has 0 unspecified atom stereocenters. The van der Waals surface area contributed by atoms with E-state index < -0.39 is 0 Å². The smallest absolute Gasteiger partial charge is 0.0390 e. The van der Waals surface area contributed by atoms with Crippen LogP contribution in [0.2, 0.25) is 0 Å². The second-order valence-electron chi connectivity index (χ2n) is 12.3. The molecule has 1 N–H and O–H groups in total. The number of hydrogen-bond acceptors (Lipinski definition) is 1. The van der Waals surface area contributed by atoms with Gasteiger partial charge in [-0.25, -0.2) is 0 Å². The van der Waals surface area contributed by atoms with E-state index in [2.05, 4.69) is 212 Å². The van der Waals surface area contributed by atoms with Crippen molar-refractivity contribution < 1.29 is 0 Å². The Hall–Kier alpha value is -6.44. The van der Waals surface area contributed by atoms with E-state index in [1.165, 1.54) is 61.2 Å². The summed E-state index contributed by atoms with van der Waals surface area (Å²) in [6.45, 7) is 0. The van der Waals surface area contributed by atoms with Gasteiger partial charge in [-0.15, -0.1) is 0 Å². The number of hydrogen-bond donors (Lipinski definition) is 1. The molecule has 0 bridgehead atoms. The fourth-order valence-electron chi connectivity index (χ4n) is 6.59. The molecule has 1 heteroatoms. The second kappa shape index (κ2) is 13.7. The Morgan fingerprint density at radius 3 is 1.06 bits per heavy atom. The fourth-order valence-corrected chi connectivity index (χ4v) is 6.59. The second-order valence-corrected chi connectivity index (χ2v) is 12.3. The van der Waals surface area contributed by atoms with Crippen LogP contribution in [0.4, 0.5) is 11.4 Å². The highest BCUT2D eigenvalue weighted by Gasteiger charge is 2.17. The molecule has 0 aliphatic carbocycles. The summed E-state index contributed by atoms with van der Waals surface area (Å²) in [6.07, 6.45) is 0. The lowest BCUT2D eigenvalue weighted by atomic mass is 9.84. The van der Waals surface area contributed by atoms with Gasteiger partial charge in [-0.2, -0.15) is 0 Å². The molecule has 0 heterocycles. The lowest BCUT2D eigenvalue weighted by Gasteiger charge is -2.20. The molecule has 0 aliphatic rings. The van der Waals surface area contributed by atoms with E-state index in [0.717, 1.165) is 16.9 Å². The summed E-state index contributed by atoms with van der Waals surface area (Å²) in [5.41, 5.74) is 16.5. The van der Waals surface area contributed by atoms with Crippen molar-refractivity contribution in [2.45, 2.75) is 0 Å². The van der Waals surface area contributed by atoms with Crippen LogP contribution in [0.25, 0.3) is 66.8 Å². The molecule has 0 radical (unpaired) electrons. The number of benzene rings is 8. The number of nitrogens with one attached hydrogen (secondary N) is 1. The van der Waals surface area contributed by atoms with Gasteiger partial charge in [0.05, 0.1) is 0 Å². The summed E-state index contributed by atoms with van der Waals surface area (Å²) in [5.74, 6) is 0.